The van der Waals surface area contributed by atoms with Gasteiger partial charge in [0.2, 0.25) is 0 Å². The van der Waals surface area contributed by atoms with Crippen LogP contribution in [-0.4, -0.2) is 21.4 Å². The highest BCUT2D eigenvalue weighted by molar-refractivity contribution is 9.10. The molecule has 3 aromatic rings. The van der Waals surface area contributed by atoms with Crippen LogP contribution in [0, 0.1) is 5.82 Å². The molecule has 0 amide bonds. The number of fused-ring (bicyclic) bond motifs is 1. The van der Waals surface area contributed by atoms with Crippen molar-refractivity contribution in [2.75, 3.05) is 17.7 Å². The number of aromatic nitrogens is 3. The summed E-state index contributed by atoms with van der Waals surface area (Å²) < 4.78 is 15.9. The van der Waals surface area contributed by atoms with Gasteiger partial charge in [-0.2, -0.15) is 0 Å². The fourth-order valence-electron chi connectivity index (χ4n) is 1.86. The molecule has 0 atom stereocenters. The number of anilines is 3. The SMILES string of the molecule is CNc1cn2ccnc2c(Nc2cc(F)ccc2Br)n1. The topological polar surface area (TPSA) is 54.2 Å². The number of rotatable bonds is 3. The number of imidazole rings is 1. The van der Waals surface area contributed by atoms with Crippen molar-refractivity contribution < 1.29 is 4.39 Å². The molecular weight excluding hydrogens is 325 g/mol. The van der Waals surface area contributed by atoms with Crippen molar-refractivity contribution >= 4 is 38.9 Å². The molecule has 0 spiro atoms. The molecule has 0 aliphatic carbocycles. The van der Waals surface area contributed by atoms with Crippen LogP contribution < -0.4 is 10.6 Å². The first kappa shape index (κ1) is 12.9. The molecule has 3 rings (SSSR count). The Labute approximate surface area is 123 Å². The lowest BCUT2D eigenvalue weighted by atomic mass is 10.3. The van der Waals surface area contributed by atoms with Gasteiger partial charge in [0.25, 0.3) is 0 Å². The quantitative estimate of drug-likeness (QED) is 0.770. The summed E-state index contributed by atoms with van der Waals surface area (Å²) in [4.78, 5) is 8.65. The fraction of sp³-hybridized carbons (Fsp3) is 0.0769. The van der Waals surface area contributed by atoms with Gasteiger partial charge in [-0.3, -0.25) is 0 Å². The van der Waals surface area contributed by atoms with Crippen molar-refractivity contribution in [1.82, 2.24) is 14.4 Å². The van der Waals surface area contributed by atoms with Gasteiger partial charge in [-0.25, -0.2) is 14.4 Å². The van der Waals surface area contributed by atoms with E-state index in [0.717, 1.165) is 4.47 Å². The zero-order valence-electron chi connectivity index (χ0n) is 10.6. The van der Waals surface area contributed by atoms with Gasteiger partial charge in [-0.05, 0) is 34.1 Å². The smallest absolute Gasteiger partial charge is 0.180 e. The second kappa shape index (κ2) is 5.09. The molecule has 1 aromatic carbocycles. The Bertz CT molecular complexity index is 771. The highest BCUT2D eigenvalue weighted by Gasteiger charge is 2.09. The maximum absolute atomic E-state index is 13.3. The second-order valence-electron chi connectivity index (χ2n) is 4.13. The zero-order valence-corrected chi connectivity index (χ0v) is 12.1. The Morgan fingerprint density at radius 1 is 1.35 bits per heavy atom. The van der Waals surface area contributed by atoms with Crippen LogP contribution in [0.3, 0.4) is 0 Å². The molecule has 0 saturated heterocycles. The van der Waals surface area contributed by atoms with Crippen molar-refractivity contribution in [1.29, 1.82) is 0 Å². The summed E-state index contributed by atoms with van der Waals surface area (Å²) >= 11 is 3.38. The lowest BCUT2D eigenvalue weighted by Crippen LogP contribution is -2.03. The van der Waals surface area contributed by atoms with Crippen molar-refractivity contribution in [3.05, 3.63) is 47.1 Å². The van der Waals surface area contributed by atoms with E-state index in [1.807, 2.05) is 16.8 Å². The standard InChI is InChI=1S/C13H11BrFN5/c1-16-11-7-20-5-4-17-13(20)12(19-11)18-10-6-8(15)2-3-9(10)14/h2-7,16H,1H3,(H,18,19). The van der Waals surface area contributed by atoms with Crippen LogP contribution >= 0.6 is 15.9 Å². The van der Waals surface area contributed by atoms with Crippen LogP contribution in [0.2, 0.25) is 0 Å². The molecule has 20 heavy (non-hydrogen) atoms. The second-order valence-corrected chi connectivity index (χ2v) is 4.99. The van der Waals surface area contributed by atoms with E-state index in [4.69, 9.17) is 0 Å². The van der Waals surface area contributed by atoms with Crippen molar-refractivity contribution in [3.8, 4) is 0 Å². The number of benzene rings is 1. The van der Waals surface area contributed by atoms with Crippen molar-refractivity contribution in [3.63, 3.8) is 0 Å². The predicted molar refractivity (Wildman–Crippen MR) is 79.9 cm³/mol. The van der Waals surface area contributed by atoms with Crippen LogP contribution in [0.1, 0.15) is 0 Å². The van der Waals surface area contributed by atoms with Gasteiger partial charge < -0.3 is 15.0 Å². The lowest BCUT2D eigenvalue weighted by molar-refractivity contribution is 0.628. The van der Waals surface area contributed by atoms with Crippen molar-refractivity contribution in [2.24, 2.45) is 0 Å². The molecule has 2 N–H and O–H groups in total. The zero-order chi connectivity index (χ0) is 14.1. The number of nitrogens with zero attached hydrogens (tertiary/aromatic N) is 3. The van der Waals surface area contributed by atoms with Crippen LogP contribution in [-0.2, 0) is 0 Å². The Hall–Kier alpha value is -2.15. The molecule has 0 bridgehead atoms. The fourth-order valence-corrected chi connectivity index (χ4v) is 2.20. The van der Waals surface area contributed by atoms with Crippen molar-refractivity contribution in [2.45, 2.75) is 0 Å². The molecule has 5 nitrogen and oxygen atoms in total. The van der Waals surface area contributed by atoms with E-state index in [1.165, 1.54) is 12.1 Å². The average molecular weight is 336 g/mol. The summed E-state index contributed by atoms with van der Waals surface area (Å²) in [6.07, 6.45) is 5.33. The summed E-state index contributed by atoms with van der Waals surface area (Å²) in [5.74, 6) is 0.915. The van der Waals surface area contributed by atoms with E-state index in [1.54, 1.807) is 19.3 Å². The molecule has 0 saturated carbocycles. The summed E-state index contributed by atoms with van der Waals surface area (Å²) in [7, 11) is 1.78. The average Bonchev–Trinajstić information content (AvgIpc) is 2.91. The minimum Gasteiger partial charge on any atom is -0.372 e. The first-order valence-corrected chi connectivity index (χ1v) is 6.70. The maximum atomic E-state index is 13.3. The molecule has 0 aliphatic rings. The third-order valence-corrected chi connectivity index (χ3v) is 3.50. The lowest BCUT2D eigenvalue weighted by Gasteiger charge is -2.10. The number of nitrogens with one attached hydrogen (secondary N) is 2. The van der Waals surface area contributed by atoms with Gasteiger partial charge in [0.1, 0.15) is 11.6 Å². The maximum Gasteiger partial charge on any atom is 0.180 e. The molecule has 7 heteroatoms. The summed E-state index contributed by atoms with van der Waals surface area (Å²) in [5.41, 5.74) is 1.26. The third kappa shape index (κ3) is 2.32. The van der Waals surface area contributed by atoms with E-state index in [2.05, 4.69) is 36.5 Å². The van der Waals surface area contributed by atoms with Crippen LogP contribution in [0.4, 0.5) is 21.7 Å². The minimum absolute atomic E-state index is 0.320. The van der Waals surface area contributed by atoms with Gasteiger partial charge in [-0.1, -0.05) is 0 Å². The number of halogens is 2. The first-order valence-electron chi connectivity index (χ1n) is 5.91. The van der Waals surface area contributed by atoms with E-state index in [-0.39, 0.29) is 5.82 Å². The van der Waals surface area contributed by atoms with Gasteiger partial charge in [0, 0.05) is 23.9 Å². The van der Waals surface area contributed by atoms with E-state index >= 15 is 0 Å². The highest BCUT2D eigenvalue weighted by Crippen LogP contribution is 2.28. The molecular formula is C13H11BrFN5. The van der Waals surface area contributed by atoms with E-state index < -0.39 is 0 Å². The monoisotopic (exact) mass is 335 g/mol. The largest absolute Gasteiger partial charge is 0.372 e. The van der Waals surface area contributed by atoms with Gasteiger partial charge in [-0.15, -0.1) is 0 Å². The van der Waals surface area contributed by atoms with Crippen LogP contribution in [0.15, 0.2) is 41.3 Å². The molecule has 0 unspecified atom stereocenters. The molecule has 2 heterocycles. The van der Waals surface area contributed by atoms with E-state index in [9.17, 15) is 4.39 Å². The Morgan fingerprint density at radius 3 is 3.00 bits per heavy atom. The third-order valence-electron chi connectivity index (χ3n) is 2.81. The predicted octanol–water partition coefficient (Wildman–Crippen LogP) is 3.42. The Morgan fingerprint density at radius 2 is 2.20 bits per heavy atom. The number of hydrogen-bond acceptors (Lipinski definition) is 4. The molecule has 0 aliphatic heterocycles. The summed E-state index contributed by atoms with van der Waals surface area (Å²) in [6.45, 7) is 0. The van der Waals surface area contributed by atoms with Gasteiger partial charge in [0.05, 0.1) is 11.9 Å². The van der Waals surface area contributed by atoms with Crippen LogP contribution in [0.25, 0.3) is 5.65 Å². The minimum atomic E-state index is -0.320. The Kier molecular flexibility index (Phi) is 3.27. The van der Waals surface area contributed by atoms with Gasteiger partial charge >= 0.3 is 0 Å². The van der Waals surface area contributed by atoms with Crippen LogP contribution in [0.5, 0.6) is 0 Å². The molecule has 0 fully saturated rings. The van der Waals surface area contributed by atoms with E-state index in [0.29, 0.717) is 23.0 Å². The summed E-state index contributed by atoms with van der Waals surface area (Å²) in [6, 6.07) is 4.43. The Balaban J connectivity index is 2.09. The molecule has 0 radical (unpaired) electrons. The normalized spacial score (nSPS) is 10.8. The number of hydrogen-bond donors (Lipinski definition) is 2. The molecule has 102 valence electrons. The highest BCUT2D eigenvalue weighted by atomic mass is 79.9. The summed E-state index contributed by atoms with van der Waals surface area (Å²) in [5, 5.41) is 6.07. The molecule has 2 aromatic heterocycles. The van der Waals surface area contributed by atoms with Gasteiger partial charge in [0.15, 0.2) is 11.5 Å². The first-order chi connectivity index (χ1) is 9.67.